The highest BCUT2D eigenvalue weighted by Gasteiger charge is 2.25. The first kappa shape index (κ1) is 13.1. The van der Waals surface area contributed by atoms with E-state index < -0.39 is 11.4 Å². The van der Waals surface area contributed by atoms with Gasteiger partial charge in [0.25, 0.3) is 0 Å². The summed E-state index contributed by atoms with van der Waals surface area (Å²) in [6, 6.07) is 5.93. The molecule has 0 radical (unpaired) electrons. The zero-order chi connectivity index (χ0) is 13.3. The van der Waals surface area contributed by atoms with Gasteiger partial charge >= 0.3 is 0 Å². The van der Waals surface area contributed by atoms with Crippen molar-refractivity contribution in [2.24, 2.45) is 11.4 Å². The Balaban J connectivity index is 2.25. The Morgan fingerprint density at radius 1 is 1.39 bits per heavy atom. The molecule has 1 heterocycles. The first-order valence-corrected chi connectivity index (χ1v) is 6.86. The van der Waals surface area contributed by atoms with Crippen LogP contribution in [0.5, 0.6) is 0 Å². The Bertz CT molecular complexity index is 583. The second-order valence-corrected chi connectivity index (χ2v) is 7.12. The second-order valence-electron chi connectivity index (χ2n) is 5.18. The van der Waals surface area contributed by atoms with Crippen LogP contribution in [0, 0.1) is 0 Å². The van der Waals surface area contributed by atoms with Crippen molar-refractivity contribution in [3.05, 3.63) is 30.0 Å². The lowest BCUT2D eigenvalue weighted by atomic mass is 10.2. The van der Waals surface area contributed by atoms with Crippen molar-refractivity contribution in [2.75, 3.05) is 0 Å². The maximum Gasteiger partial charge on any atom is 0.144 e. The van der Waals surface area contributed by atoms with Crippen LogP contribution in [0.25, 0.3) is 10.9 Å². The van der Waals surface area contributed by atoms with Crippen LogP contribution in [-0.4, -0.2) is 25.3 Å². The Hall–Kier alpha value is -1.33. The smallest absolute Gasteiger partial charge is 0.144 e. The van der Waals surface area contributed by atoms with Gasteiger partial charge in [-0.1, -0.05) is 10.5 Å². The molecule has 0 aliphatic rings. The summed E-state index contributed by atoms with van der Waals surface area (Å²) in [5.41, 5.74) is 2.01. The van der Waals surface area contributed by atoms with Crippen LogP contribution in [0.3, 0.4) is 0 Å². The highest BCUT2D eigenvalue weighted by molar-refractivity contribution is 7.91. The van der Waals surface area contributed by atoms with Gasteiger partial charge in [0.15, 0.2) is 0 Å². The standard InChI is InChI=1S/C13H17N3OS/c1-13(2,3)18(17)15-8-10-5-6-12-11(7-10)9-14-16(12)4/h5-9H,1-4H3/b15-8+. The molecule has 1 aromatic carbocycles. The van der Waals surface area contributed by atoms with Gasteiger partial charge in [-0.05, 0) is 38.5 Å². The highest BCUT2D eigenvalue weighted by Crippen LogP contribution is 2.18. The normalized spacial score (nSPS) is 14.5. The van der Waals surface area contributed by atoms with Gasteiger partial charge in [-0.2, -0.15) is 5.10 Å². The van der Waals surface area contributed by atoms with E-state index in [1.54, 1.807) is 6.21 Å². The molecule has 96 valence electrons. The van der Waals surface area contributed by atoms with E-state index in [9.17, 15) is 4.55 Å². The highest BCUT2D eigenvalue weighted by atomic mass is 32.2. The maximum absolute atomic E-state index is 11.8. The van der Waals surface area contributed by atoms with E-state index in [2.05, 4.69) is 9.50 Å². The van der Waals surface area contributed by atoms with Crippen LogP contribution in [0.2, 0.25) is 0 Å². The molecule has 4 nitrogen and oxygen atoms in total. The van der Waals surface area contributed by atoms with Crippen LogP contribution in [0.1, 0.15) is 26.3 Å². The Labute approximate surface area is 110 Å². The van der Waals surface area contributed by atoms with Crippen LogP contribution in [-0.2, 0) is 18.4 Å². The molecule has 5 heteroatoms. The molecule has 0 amide bonds. The SMILES string of the molecule is Cn1ncc2cc(/C=N/[S+]([O-])C(C)(C)C)ccc21. The van der Waals surface area contributed by atoms with Crippen LogP contribution >= 0.6 is 0 Å². The molecule has 1 atom stereocenters. The van der Waals surface area contributed by atoms with Gasteiger partial charge in [0.05, 0.1) is 17.9 Å². The third-order valence-corrected chi connectivity index (χ3v) is 3.94. The maximum atomic E-state index is 11.8. The summed E-state index contributed by atoms with van der Waals surface area (Å²) in [6.45, 7) is 5.72. The van der Waals surface area contributed by atoms with Crippen molar-refractivity contribution in [3.8, 4) is 0 Å². The Kier molecular flexibility index (Phi) is 3.45. The van der Waals surface area contributed by atoms with Crippen molar-refractivity contribution in [1.82, 2.24) is 9.78 Å². The number of rotatable bonds is 2. The third-order valence-electron chi connectivity index (χ3n) is 2.59. The molecule has 0 N–H and O–H groups in total. The van der Waals surface area contributed by atoms with Crippen LogP contribution in [0.4, 0.5) is 0 Å². The monoisotopic (exact) mass is 263 g/mol. The summed E-state index contributed by atoms with van der Waals surface area (Å²) in [6.07, 6.45) is 3.47. The third kappa shape index (κ3) is 2.73. The molecule has 0 saturated carbocycles. The van der Waals surface area contributed by atoms with Gasteiger partial charge in [0.2, 0.25) is 0 Å². The van der Waals surface area contributed by atoms with E-state index in [1.165, 1.54) is 0 Å². The summed E-state index contributed by atoms with van der Waals surface area (Å²) in [4.78, 5) is 0. The number of aryl methyl sites for hydroxylation is 1. The number of nitrogens with zero attached hydrogens (tertiary/aromatic N) is 3. The largest absolute Gasteiger partial charge is 0.591 e. The first-order valence-electron chi connectivity index (χ1n) is 5.76. The minimum atomic E-state index is -1.22. The number of hydrogen-bond acceptors (Lipinski definition) is 3. The summed E-state index contributed by atoms with van der Waals surface area (Å²) in [5, 5.41) is 5.24. The molecule has 1 unspecified atom stereocenters. The molecule has 2 aromatic rings. The molecular formula is C13H17N3OS. The molecule has 2 rings (SSSR count). The van der Waals surface area contributed by atoms with Gasteiger partial charge < -0.3 is 4.55 Å². The van der Waals surface area contributed by atoms with Gasteiger partial charge in [0, 0.05) is 12.4 Å². The van der Waals surface area contributed by atoms with Crippen molar-refractivity contribution in [1.29, 1.82) is 0 Å². The predicted molar refractivity (Wildman–Crippen MR) is 76.2 cm³/mol. The predicted octanol–water partition coefficient (Wildman–Crippen LogP) is 2.45. The van der Waals surface area contributed by atoms with Crippen LogP contribution in [0.15, 0.2) is 28.8 Å². The molecular weight excluding hydrogens is 246 g/mol. The summed E-state index contributed by atoms with van der Waals surface area (Å²) in [5.74, 6) is 0. The number of aromatic nitrogens is 2. The molecule has 1 aromatic heterocycles. The Morgan fingerprint density at radius 2 is 2.11 bits per heavy atom. The summed E-state index contributed by atoms with van der Waals surface area (Å²) >= 11 is -1.22. The van der Waals surface area contributed by atoms with Crippen molar-refractivity contribution >= 4 is 28.5 Å². The van der Waals surface area contributed by atoms with Crippen molar-refractivity contribution in [3.63, 3.8) is 0 Å². The topological polar surface area (TPSA) is 53.2 Å². The van der Waals surface area contributed by atoms with E-state index in [0.29, 0.717) is 0 Å². The minimum absolute atomic E-state index is 0.325. The molecule has 18 heavy (non-hydrogen) atoms. The lowest BCUT2D eigenvalue weighted by molar-refractivity contribution is 0.562. The van der Waals surface area contributed by atoms with E-state index >= 15 is 0 Å². The zero-order valence-electron chi connectivity index (χ0n) is 11.0. The van der Waals surface area contributed by atoms with Gasteiger partial charge in [-0.3, -0.25) is 4.68 Å². The quantitative estimate of drug-likeness (QED) is 0.617. The Morgan fingerprint density at radius 3 is 2.78 bits per heavy atom. The molecule has 0 fully saturated rings. The molecule has 0 bridgehead atoms. The first-order chi connectivity index (χ1) is 8.38. The fourth-order valence-corrected chi connectivity index (χ4v) is 2.06. The average Bonchev–Trinajstić information content (AvgIpc) is 2.66. The van der Waals surface area contributed by atoms with Crippen LogP contribution < -0.4 is 0 Å². The molecule has 0 aliphatic heterocycles. The number of benzene rings is 1. The van der Waals surface area contributed by atoms with E-state index in [4.69, 9.17) is 0 Å². The van der Waals surface area contributed by atoms with E-state index in [-0.39, 0.29) is 4.75 Å². The number of fused-ring (bicyclic) bond motifs is 1. The summed E-state index contributed by atoms with van der Waals surface area (Å²) in [7, 11) is 1.91. The molecule has 0 spiro atoms. The van der Waals surface area contributed by atoms with E-state index in [0.717, 1.165) is 16.5 Å². The van der Waals surface area contributed by atoms with Gasteiger partial charge in [-0.25, -0.2) is 0 Å². The summed E-state index contributed by atoms with van der Waals surface area (Å²) < 4.78 is 17.4. The van der Waals surface area contributed by atoms with Gasteiger partial charge in [0.1, 0.15) is 16.1 Å². The zero-order valence-corrected chi connectivity index (χ0v) is 11.9. The minimum Gasteiger partial charge on any atom is -0.591 e. The van der Waals surface area contributed by atoms with E-state index in [1.807, 2.05) is 56.9 Å². The molecule has 0 saturated heterocycles. The fraction of sp³-hybridized carbons (Fsp3) is 0.385. The lowest BCUT2D eigenvalue weighted by Gasteiger charge is -2.17. The van der Waals surface area contributed by atoms with Crippen molar-refractivity contribution < 1.29 is 4.55 Å². The lowest BCUT2D eigenvalue weighted by Crippen LogP contribution is -2.25. The molecule has 0 aliphatic carbocycles. The number of hydrogen-bond donors (Lipinski definition) is 0. The second kappa shape index (κ2) is 4.74. The van der Waals surface area contributed by atoms with Gasteiger partial charge in [-0.15, -0.1) is 0 Å². The fourth-order valence-electron chi connectivity index (χ4n) is 1.53. The average molecular weight is 263 g/mol. The van der Waals surface area contributed by atoms with Crippen molar-refractivity contribution in [2.45, 2.75) is 25.5 Å².